The van der Waals surface area contributed by atoms with Gasteiger partial charge in [-0.15, -0.1) is 11.3 Å². The number of esters is 1. The number of hydrogen-bond acceptors (Lipinski definition) is 6. The van der Waals surface area contributed by atoms with Crippen molar-refractivity contribution < 1.29 is 14.3 Å². The van der Waals surface area contributed by atoms with Gasteiger partial charge in [0, 0.05) is 4.88 Å². The van der Waals surface area contributed by atoms with E-state index in [4.69, 9.17) is 10.00 Å². The minimum absolute atomic E-state index is 0.211. The Morgan fingerprint density at radius 3 is 2.81 bits per heavy atom. The smallest absolute Gasteiger partial charge is 0.341 e. The van der Waals surface area contributed by atoms with Crippen LogP contribution in [0.15, 0.2) is 12.1 Å². The van der Waals surface area contributed by atoms with E-state index >= 15 is 0 Å². The normalized spacial score (nSPS) is 12.8. The van der Waals surface area contributed by atoms with Crippen LogP contribution in [0.2, 0.25) is 0 Å². The van der Waals surface area contributed by atoms with E-state index in [0.717, 1.165) is 36.1 Å². The lowest BCUT2D eigenvalue weighted by Crippen LogP contribution is -2.17. The molecule has 6 nitrogen and oxygen atoms in total. The van der Waals surface area contributed by atoms with Crippen LogP contribution in [0.5, 0.6) is 0 Å². The first-order valence-corrected chi connectivity index (χ1v) is 9.37. The Hall–Kier alpha value is -2.72. The van der Waals surface area contributed by atoms with Crippen LogP contribution < -0.4 is 5.32 Å². The summed E-state index contributed by atoms with van der Waals surface area (Å²) in [7, 11) is 0. The van der Waals surface area contributed by atoms with E-state index in [1.54, 1.807) is 19.9 Å². The van der Waals surface area contributed by atoms with Crippen LogP contribution in [-0.4, -0.2) is 23.5 Å². The van der Waals surface area contributed by atoms with Crippen molar-refractivity contribution in [3.05, 3.63) is 45.1 Å². The molecule has 1 aliphatic rings. The van der Waals surface area contributed by atoms with Crippen LogP contribution in [0.25, 0.3) is 0 Å². The molecule has 2 aromatic rings. The number of thiophene rings is 1. The van der Waals surface area contributed by atoms with Crippen LogP contribution >= 0.6 is 11.3 Å². The van der Waals surface area contributed by atoms with Crippen molar-refractivity contribution in [2.24, 2.45) is 0 Å². The van der Waals surface area contributed by atoms with E-state index in [1.165, 1.54) is 17.4 Å². The number of rotatable bonds is 4. The summed E-state index contributed by atoms with van der Waals surface area (Å²) in [6.45, 7) is 3.73. The summed E-state index contributed by atoms with van der Waals surface area (Å²) in [6.07, 6.45) is 3.85. The summed E-state index contributed by atoms with van der Waals surface area (Å²) < 4.78 is 5.19. The molecule has 0 atom stereocenters. The van der Waals surface area contributed by atoms with Gasteiger partial charge in [0.2, 0.25) is 0 Å². The molecule has 1 aliphatic carbocycles. The zero-order chi connectivity index (χ0) is 18.7. The molecular formula is C19H19N3O3S. The van der Waals surface area contributed by atoms with E-state index < -0.39 is 11.9 Å². The van der Waals surface area contributed by atoms with Gasteiger partial charge in [-0.2, -0.15) is 5.26 Å². The fraction of sp³-hybridized carbons (Fsp3) is 0.368. The predicted octanol–water partition coefficient (Wildman–Crippen LogP) is 3.63. The average molecular weight is 369 g/mol. The number of nitrogens with one attached hydrogen (secondary N) is 1. The highest BCUT2D eigenvalue weighted by Crippen LogP contribution is 2.38. The molecule has 2 aromatic heterocycles. The first-order valence-electron chi connectivity index (χ1n) is 8.56. The van der Waals surface area contributed by atoms with Gasteiger partial charge in [-0.1, -0.05) is 0 Å². The maximum Gasteiger partial charge on any atom is 0.341 e. The van der Waals surface area contributed by atoms with Crippen molar-refractivity contribution in [2.45, 2.75) is 39.5 Å². The number of fused-ring (bicyclic) bond motifs is 1. The SMILES string of the molecule is CCOC(=O)c1c(NC(=O)c2ccc(C#N)c(C)n2)sc2c1CCCC2. The molecule has 134 valence electrons. The molecule has 1 N–H and O–H groups in total. The van der Waals surface area contributed by atoms with Crippen LogP contribution in [0.4, 0.5) is 5.00 Å². The molecule has 0 saturated heterocycles. The molecule has 1 amide bonds. The van der Waals surface area contributed by atoms with Gasteiger partial charge in [0.15, 0.2) is 0 Å². The number of aryl methyl sites for hydroxylation is 2. The summed E-state index contributed by atoms with van der Waals surface area (Å²) in [4.78, 5) is 30.4. The second-order valence-corrected chi connectivity index (χ2v) is 7.14. The van der Waals surface area contributed by atoms with Gasteiger partial charge in [0.1, 0.15) is 16.8 Å². The van der Waals surface area contributed by atoms with E-state index in [2.05, 4.69) is 10.3 Å². The number of nitrogens with zero attached hydrogens (tertiary/aromatic N) is 2. The highest BCUT2D eigenvalue weighted by atomic mass is 32.1. The number of amides is 1. The molecule has 0 saturated carbocycles. The average Bonchev–Trinajstić information content (AvgIpc) is 2.99. The van der Waals surface area contributed by atoms with Crippen molar-refractivity contribution >= 4 is 28.2 Å². The third-order valence-electron chi connectivity index (χ3n) is 4.32. The number of hydrogen-bond donors (Lipinski definition) is 1. The molecule has 26 heavy (non-hydrogen) atoms. The van der Waals surface area contributed by atoms with Gasteiger partial charge >= 0.3 is 5.97 Å². The summed E-state index contributed by atoms with van der Waals surface area (Å²) in [5.41, 5.74) is 2.61. The Morgan fingerprint density at radius 1 is 1.35 bits per heavy atom. The summed E-state index contributed by atoms with van der Waals surface area (Å²) in [5, 5.41) is 12.3. The second-order valence-electron chi connectivity index (χ2n) is 6.03. The number of pyridine rings is 1. The van der Waals surface area contributed by atoms with E-state index in [-0.39, 0.29) is 12.3 Å². The largest absolute Gasteiger partial charge is 0.462 e. The molecule has 2 heterocycles. The standard InChI is InChI=1S/C19H19N3O3S/c1-3-25-19(24)16-13-6-4-5-7-15(13)26-18(16)22-17(23)14-9-8-12(10-20)11(2)21-14/h8-9H,3-7H2,1-2H3,(H,22,23). The lowest BCUT2D eigenvalue weighted by Gasteiger charge is -2.12. The number of nitriles is 1. The molecule has 0 aliphatic heterocycles. The predicted molar refractivity (Wildman–Crippen MR) is 98.6 cm³/mol. The van der Waals surface area contributed by atoms with Crippen LogP contribution in [-0.2, 0) is 17.6 Å². The topological polar surface area (TPSA) is 92.1 Å². The maximum atomic E-state index is 12.6. The lowest BCUT2D eigenvalue weighted by molar-refractivity contribution is 0.0526. The minimum Gasteiger partial charge on any atom is -0.462 e. The van der Waals surface area contributed by atoms with Gasteiger partial charge < -0.3 is 10.1 Å². The molecule has 0 spiro atoms. The zero-order valence-electron chi connectivity index (χ0n) is 14.7. The number of carbonyl (C=O) groups excluding carboxylic acids is 2. The van der Waals surface area contributed by atoms with Crippen molar-refractivity contribution in [3.8, 4) is 6.07 Å². The van der Waals surface area contributed by atoms with Crippen molar-refractivity contribution in [2.75, 3.05) is 11.9 Å². The Bertz CT molecular complexity index is 911. The Kier molecular flexibility index (Phi) is 5.33. The molecule has 0 fully saturated rings. The van der Waals surface area contributed by atoms with E-state index in [0.29, 0.717) is 21.8 Å². The monoisotopic (exact) mass is 369 g/mol. The second kappa shape index (κ2) is 7.67. The third-order valence-corrected chi connectivity index (χ3v) is 5.52. The van der Waals surface area contributed by atoms with Gasteiger partial charge in [-0.25, -0.2) is 9.78 Å². The fourth-order valence-electron chi connectivity index (χ4n) is 3.05. The van der Waals surface area contributed by atoms with Crippen molar-refractivity contribution in [3.63, 3.8) is 0 Å². The lowest BCUT2D eigenvalue weighted by atomic mass is 9.95. The highest BCUT2D eigenvalue weighted by molar-refractivity contribution is 7.17. The molecule has 3 rings (SSSR count). The number of aromatic nitrogens is 1. The molecule has 0 unspecified atom stereocenters. The van der Waals surface area contributed by atoms with Crippen LogP contribution in [0.1, 0.15) is 62.3 Å². The first kappa shape index (κ1) is 18.1. The van der Waals surface area contributed by atoms with E-state index in [9.17, 15) is 9.59 Å². The first-order chi connectivity index (χ1) is 12.5. The maximum absolute atomic E-state index is 12.6. The van der Waals surface area contributed by atoms with Gasteiger partial charge in [0.05, 0.1) is 23.4 Å². The quantitative estimate of drug-likeness (QED) is 0.831. The van der Waals surface area contributed by atoms with E-state index in [1.807, 2.05) is 6.07 Å². The van der Waals surface area contributed by atoms with Gasteiger partial charge in [0.25, 0.3) is 5.91 Å². The van der Waals surface area contributed by atoms with Crippen molar-refractivity contribution in [1.29, 1.82) is 5.26 Å². The highest BCUT2D eigenvalue weighted by Gasteiger charge is 2.27. The van der Waals surface area contributed by atoms with Crippen molar-refractivity contribution in [1.82, 2.24) is 4.98 Å². The van der Waals surface area contributed by atoms with Gasteiger partial charge in [-0.05, 0) is 57.2 Å². The number of anilines is 1. The number of ether oxygens (including phenoxy) is 1. The van der Waals surface area contributed by atoms with Crippen LogP contribution in [0, 0.1) is 18.3 Å². The summed E-state index contributed by atoms with van der Waals surface area (Å²) >= 11 is 1.44. The van der Waals surface area contributed by atoms with Crippen LogP contribution in [0.3, 0.4) is 0 Å². The minimum atomic E-state index is -0.401. The zero-order valence-corrected chi connectivity index (χ0v) is 15.5. The molecule has 0 bridgehead atoms. The molecule has 0 aromatic carbocycles. The third kappa shape index (κ3) is 3.46. The Balaban J connectivity index is 1.93. The molecule has 0 radical (unpaired) electrons. The summed E-state index contributed by atoms with van der Waals surface area (Å²) in [5.74, 6) is -0.798. The Morgan fingerprint density at radius 2 is 2.12 bits per heavy atom. The molecule has 7 heteroatoms. The fourth-order valence-corrected chi connectivity index (χ4v) is 4.32. The van der Waals surface area contributed by atoms with Gasteiger partial charge in [-0.3, -0.25) is 4.79 Å². The Labute approximate surface area is 155 Å². The number of carbonyl (C=O) groups is 2. The molecular weight excluding hydrogens is 350 g/mol. The summed E-state index contributed by atoms with van der Waals surface area (Å²) in [6, 6.07) is 5.11.